The van der Waals surface area contributed by atoms with E-state index in [4.69, 9.17) is 5.73 Å². The topological polar surface area (TPSA) is 67.9 Å². The van der Waals surface area contributed by atoms with Gasteiger partial charge in [-0.25, -0.2) is 9.97 Å². The van der Waals surface area contributed by atoms with Gasteiger partial charge in [-0.3, -0.25) is 0 Å². The Labute approximate surface area is 89.2 Å². The molecule has 2 heterocycles. The third-order valence-corrected chi connectivity index (χ3v) is 2.22. The Kier molecular flexibility index (Phi) is 3.88. The molecule has 0 amide bonds. The van der Waals surface area contributed by atoms with Gasteiger partial charge in [0.1, 0.15) is 6.33 Å². The van der Waals surface area contributed by atoms with Crippen LogP contribution in [0.3, 0.4) is 0 Å². The fourth-order valence-corrected chi connectivity index (χ4v) is 1.55. The Morgan fingerprint density at radius 2 is 1.86 bits per heavy atom. The van der Waals surface area contributed by atoms with Crippen molar-refractivity contribution in [1.82, 2.24) is 15.0 Å². The predicted octanol–water partition coefficient (Wildman–Crippen LogP) is 0.866. The van der Waals surface area contributed by atoms with Crippen LogP contribution >= 0.6 is 12.4 Å². The van der Waals surface area contributed by atoms with Crippen molar-refractivity contribution >= 4 is 24.3 Å². The lowest BCUT2D eigenvalue weighted by atomic mass is 10.1. The fourth-order valence-electron chi connectivity index (χ4n) is 1.55. The number of rotatable bonds is 1. The lowest BCUT2D eigenvalue weighted by Crippen LogP contribution is -2.31. The summed E-state index contributed by atoms with van der Waals surface area (Å²) in [6.07, 6.45) is 5.19. The molecule has 78 valence electrons. The summed E-state index contributed by atoms with van der Waals surface area (Å²) in [4.78, 5) is 14.1. The van der Waals surface area contributed by atoms with Gasteiger partial charge in [0.25, 0.3) is 0 Å². The maximum atomic E-state index is 5.48. The van der Waals surface area contributed by atoms with Crippen LogP contribution in [-0.2, 0) is 0 Å². The maximum Gasteiger partial charge on any atom is 0.230 e. The molecule has 0 spiro atoms. The molecular formula is C8H14ClN5. The molecule has 2 N–H and O–H groups in total. The quantitative estimate of drug-likeness (QED) is 0.753. The Balaban J connectivity index is 0.000000980. The molecule has 0 saturated carbocycles. The zero-order chi connectivity index (χ0) is 9.10. The van der Waals surface area contributed by atoms with Gasteiger partial charge in [-0.15, -0.1) is 12.4 Å². The molecule has 0 aromatic carbocycles. The van der Waals surface area contributed by atoms with E-state index in [9.17, 15) is 0 Å². The van der Waals surface area contributed by atoms with Gasteiger partial charge in [-0.1, -0.05) is 0 Å². The van der Waals surface area contributed by atoms with Crippen LogP contribution < -0.4 is 10.6 Å². The van der Waals surface area contributed by atoms with Gasteiger partial charge in [-0.2, -0.15) is 4.98 Å². The minimum absolute atomic E-state index is 0. The lowest BCUT2D eigenvalue weighted by Gasteiger charge is -2.26. The van der Waals surface area contributed by atoms with Crippen molar-refractivity contribution < 1.29 is 0 Å². The fraction of sp³-hybridized carbons (Fsp3) is 0.625. The van der Waals surface area contributed by atoms with Crippen LogP contribution in [0.4, 0.5) is 11.9 Å². The average Bonchev–Trinajstić information content (AvgIpc) is 2.19. The molecule has 1 saturated heterocycles. The Morgan fingerprint density at radius 1 is 1.14 bits per heavy atom. The second kappa shape index (κ2) is 4.95. The molecule has 1 aliphatic rings. The van der Waals surface area contributed by atoms with Gasteiger partial charge < -0.3 is 10.6 Å². The predicted molar refractivity (Wildman–Crippen MR) is 57.6 cm³/mol. The van der Waals surface area contributed by atoms with Crippen LogP contribution in [0.2, 0.25) is 0 Å². The van der Waals surface area contributed by atoms with Crippen molar-refractivity contribution in [1.29, 1.82) is 0 Å². The van der Waals surface area contributed by atoms with E-state index >= 15 is 0 Å². The van der Waals surface area contributed by atoms with E-state index in [1.165, 1.54) is 25.6 Å². The van der Waals surface area contributed by atoms with Crippen LogP contribution in [0.1, 0.15) is 19.3 Å². The molecule has 0 aliphatic carbocycles. The Hall–Kier alpha value is -1.10. The summed E-state index contributed by atoms with van der Waals surface area (Å²) in [5.41, 5.74) is 5.48. The third-order valence-electron chi connectivity index (χ3n) is 2.22. The van der Waals surface area contributed by atoms with E-state index in [1.807, 2.05) is 0 Å². The first-order chi connectivity index (χ1) is 6.36. The molecule has 6 heteroatoms. The van der Waals surface area contributed by atoms with Crippen LogP contribution in [-0.4, -0.2) is 28.0 Å². The van der Waals surface area contributed by atoms with E-state index in [-0.39, 0.29) is 12.4 Å². The van der Waals surface area contributed by atoms with Crippen LogP contribution in [0.15, 0.2) is 6.33 Å². The molecule has 2 rings (SSSR count). The van der Waals surface area contributed by atoms with Crippen LogP contribution in [0.5, 0.6) is 0 Å². The average molecular weight is 216 g/mol. The molecule has 0 unspecified atom stereocenters. The first kappa shape index (κ1) is 11.0. The number of nitrogens with zero attached hydrogens (tertiary/aromatic N) is 4. The van der Waals surface area contributed by atoms with Gasteiger partial charge >= 0.3 is 0 Å². The standard InChI is InChI=1S/C8H13N5.ClH/c9-7-10-6-11-8(12-7)13-4-2-1-3-5-13;/h6H,1-5H2,(H2,9,10,11,12);1H. The van der Waals surface area contributed by atoms with Gasteiger partial charge in [-0.05, 0) is 19.3 Å². The second-order valence-electron chi connectivity index (χ2n) is 3.19. The SMILES string of the molecule is Cl.Nc1ncnc(N2CCCCC2)n1. The van der Waals surface area contributed by atoms with Crippen molar-refractivity contribution in [2.45, 2.75) is 19.3 Å². The summed E-state index contributed by atoms with van der Waals surface area (Å²) in [6, 6.07) is 0. The highest BCUT2D eigenvalue weighted by atomic mass is 35.5. The molecule has 1 aromatic heterocycles. The number of hydrogen-bond donors (Lipinski definition) is 1. The molecular weight excluding hydrogens is 202 g/mol. The maximum absolute atomic E-state index is 5.48. The second-order valence-corrected chi connectivity index (χ2v) is 3.19. The minimum Gasteiger partial charge on any atom is -0.368 e. The Morgan fingerprint density at radius 3 is 2.50 bits per heavy atom. The third kappa shape index (κ3) is 2.45. The summed E-state index contributed by atoms with van der Waals surface area (Å²) < 4.78 is 0. The van der Waals surface area contributed by atoms with E-state index < -0.39 is 0 Å². The zero-order valence-corrected chi connectivity index (χ0v) is 8.70. The lowest BCUT2D eigenvalue weighted by molar-refractivity contribution is 0.567. The van der Waals surface area contributed by atoms with Crippen molar-refractivity contribution in [3.63, 3.8) is 0 Å². The number of nitrogen functional groups attached to an aromatic ring is 1. The molecule has 14 heavy (non-hydrogen) atoms. The Bertz CT molecular complexity index is 287. The molecule has 0 bridgehead atoms. The molecule has 1 aromatic rings. The summed E-state index contributed by atoms with van der Waals surface area (Å²) in [7, 11) is 0. The highest BCUT2D eigenvalue weighted by molar-refractivity contribution is 5.85. The monoisotopic (exact) mass is 215 g/mol. The first-order valence-electron chi connectivity index (χ1n) is 4.56. The van der Waals surface area contributed by atoms with Crippen LogP contribution in [0, 0.1) is 0 Å². The molecule has 0 radical (unpaired) electrons. The highest BCUT2D eigenvalue weighted by Crippen LogP contribution is 2.14. The normalized spacial score (nSPS) is 16.1. The summed E-state index contributed by atoms with van der Waals surface area (Å²) in [5.74, 6) is 1.02. The number of piperidine rings is 1. The van der Waals surface area contributed by atoms with E-state index in [0.717, 1.165) is 13.1 Å². The number of anilines is 2. The van der Waals surface area contributed by atoms with Crippen molar-refractivity contribution in [3.05, 3.63) is 6.33 Å². The summed E-state index contributed by atoms with van der Waals surface area (Å²) in [6.45, 7) is 2.06. The smallest absolute Gasteiger partial charge is 0.230 e. The van der Waals surface area contributed by atoms with Gasteiger partial charge in [0, 0.05) is 13.1 Å². The van der Waals surface area contributed by atoms with E-state index in [0.29, 0.717) is 11.9 Å². The molecule has 1 aliphatic heterocycles. The molecule has 0 atom stereocenters. The van der Waals surface area contributed by atoms with Gasteiger partial charge in [0.15, 0.2) is 0 Å². The molecule has 5 nitrogen and oxygen atoms in total. The first-order valence-corrected chi connectivity index (χ1v) is 4.56. The number of aromatic nitrogens is 3. The van der Waals surface area contributed by atoms with Crippen molar-refractivity contribution in [2.24, 2.45) is 0 Å². The van der Waals surface area contributed by atoms with E-state index in [2.05, 4.69) is 19.9 Å². The minimum atomic E-state index is 0. The van der Waals surface area contributed by atoms with Crippen LogP contribution in [0.25, 0.3) is 0 Å². The molecule has 1 fully saturated rings. The van der Waals surface area contributed by atoms with Crippen molar-refractivity contribution in [2.75, 3.05) is 23.7 Å². The number of hydrogen-bond acceptors (Lipinski definition) is 5. The van der Waals surface area contributed by atoms with Gasteiger partial charge in [0.05, 0.1) is 0 Å². The largest absolute Gasteiger partial charge is 0.368 e. The zero-order valence-electron chi connectivity index (χ0n) is 7.89. The summed E-state index contributed by atoms with van der Waals surface area (Å²) in [5, 5.41) is 0. The highest BCUT2D eigenvalue weighted by Gasteiger charge is 2.13. The van der Waals surface area contributed by atoms with Gasteiger partial charge in [0.2, 0.25) is 11.9 Å². The van der Waals surface area contributed by atoms with Crippen molar-refractivity contribution in [3.8, 4) is 0 Å². The number of nitrogens with two attached hydrogens (primary N) is 1. The summed E-state index contributed by atoms with van der Waals surface area (Å²) >= 11 is 0. The number of halogens is 1. The van der Waals surface area contributed by atoms with E-state index in [1.54, 1.807) is 0 Å².